The van der Waals surface area contributed by atoms with Crippen molar-refractivity contribution in [1.82, 2.24) is 20.9 Å². The number of nitrogens with zero attached hydrogens (tertiary/aromatic N) is 2. The summed E-state index contributed by atoms with van der Waals surface area (Å²) in [5, 5.41) is 9.52. The maximum Gasteiger partial charge on any atom is 0.251 e. The first-order valence-electron chi connectivity index (χ1n) is 11.3. The number of rotatable bonds is 8. The van der Waals surface area contributed by atoms with Crippen LogP contribution in [0, 0.1) is 0 Å². The first-order chi connectivity index (χ1) is 15.2. The lowest BCUT2D eigenvalue weighted by atomic mass is 10.1. The van der Waals surface area contributed by atoms with Gasteiger partial charge in [-0.3, -0.25) is 14.7 Å². The lowest BCUT2D eigenvalue weighted by Gasteiger charge is -2.26. The molecule has 1 aliphatic heterocycles. The highest BCUT2D eigenvalue weighted by molar-refractivity contribution is 14.0. The molecule has 1 heterocycles. The lowest BCUT2D eigenvalue weighted by Crippen LogP contribution is -2.36. The minimum absolute atomic E-state index is 0. The van der Waals surface area contributed by atoms with E-state index in [1.54, 1.807) is 7.05 Å². The second-order valence-electron chi connectivity index (χ2n) is 7.99. The van der Waals surface area contributed by atoms with Gasteiger partial charge in [0.05, 0.1) is 0 Å². The van der Waals surface area contributed by atoms with Crippen molar-refractivity contribution in [2.45, 2.75) is 45.8 Å². The number of hydrogen-bond donors (Lipinski definition) is 3. The molecule has 0 aromatic heterocycles. The molecule has 2 aromatic rings. The van der Waals surface area contributed by atoms with Gasteiger partial charge in [-0.1, -0.05) is 42.8 Å². The number of carbonyl (C=O) groups is 1. The molecule has 6 nitrogen and oxygen atoms in total. The molecule has 0 unspecified atom stereocenters. The first-order valence-corrected chi connectivity index (χ1v) is 11.3. The third-order valence-corrected chi connectivity index (χ3v) is 5.55. The van der Waals surface area contributed by atoms with Gasteiger partial charge < -0.3 is 16.0 Å². The van der Waals surface area contributed by atoms with Crippen molar-refractivity contribution in [2.24, 2.45) is 4.99 Å². The summed E-state index contributed by atoms with van der Waals surface area (Å²) in [6.07, 6.45) is 4.02. The number of benzene rings is 2. The molecule has 174 valence electrons. The van der Waals surface area contributed by atoms with Crippen molar-refractivity contribution in [1.29, 1.82) is 0 Å². The average Bonchev–Trinajstić information content (AvgIpc) is 2.81. The van der Waals surface area contributed by atoms with E-state index in [4.69, 9.17) is 0 Å². The summed E-state index contributed by atoms with van der Waals surface area (Å²) in [7, 11) is 1.77. The standard InChI is InChI=1S/C25H35N5O.HI/c1-3-27-24(31)23-9-7-8-22(16-23)18-29-25(26-2)28-17-20-10-12-21(13-11-20)19-30-14-5-4-6-15-30;/h7-13,16H,3-6,14-15,17-19H2,1-2H3,(H,27,31)(H2,26,28,29);1H. The zero-order chi connectivity index (χ0) is 21.9. The molecule has 0 atom stereocenters. The number of nitrogens with one attached hydrogen (secondary N) is 3. The monoisotopic (exact) mass is 549 g/mol. The Bertz CT molecular complexity index is 863. The Kier molecular flexibility index (Phi) is 11.5. The molecule has 7 heteroatoms. The lowest BCUT2D eigenvalue weighted by molar-refractivity contribution is 0.0955. The number of piperidine rings is 1. The fourth-order valence-electron chi connectivity index (χ4n) is 3.82. The summed E-state index contributed by atoms with van der Waals surface area (Å²) in [6, 6.07) is 16.5. The molecule has 1 aliphatic rings. The molecule has 0 saturated carbocycles. The van der Waals surface area contributed by atoms with Crippen molar-refractivity contribution < 1.29 is 4.79 Å². The van der Waals surface area contributed by atoms with Gasteiger partial charge >= 0.3 is 0 Å². The number of carbonyl (C=O) groups excluding carboxylic acids is 1. The molecule has 2 aromatic carbocycles. The second-order valence-corrected chi connectivity index (χ2v) is 7.99. The molecule has 1 amide bonds. The predicted octanol–water partition coefficient (Wildman–Crippen LogP) is 3.91. The van der Waals surface area contributed by atoms with Crippen LogP contribution in [0.4, 0.5) is 0 Å². The summed E-state index contributed by atoms with van der Waals surface area (Å²) in [6.45, 7) is 7.34. The van der Waals surface area contributed by atoms with Crippen LogP contribution in [0.1, 0.15) is 53.2 Å². The van der Waals surface area contributed by atoms with Gasteiger partial charge in [0.15, 0.2) is 5.96 Å². The summed E-state index contributed by atoms with van der Waals surface area (Å²) in [4.78, 5) is 18.9. The van der Waals surface area contributed by atoms with Gasteiger partial charge in [0, 0.05) is 38.8 Å². The zero-order valence-electron chi connectivity index (χ0n) is 19.2. The van der Waals surface area contributed by atoms with E-state index >= 15 is 0 Å². The maximum absolute atomic E-state index is 12.0. The zero-order valence-corrected chi connectivity index (χ0v) is 21.5. The van der Waals surface area contributed by atoms with Crippen LogP contribution in [-0.2, 0) is 19.6 Å². The van der Waals surface area contributed by atoms with Crippen LogP contribution < -0.4 is 16.0 Å². The average molecular weight is 550 g/mol. The minimum Gasteiger partial charge on any atom is -0.352 e. The Morgan fingerprint density at radius 2 is 1.56 bits per heavy atom. The van der Waals surface area contributed by atoms with Crippen molar-refractivity contribution in [3.63, 3.8) is 0 Å². The van der Waals surface area contributed by atoms with Gasteiger partial charge in [0.25, 0.3) is 5.91 Å². The van der Waals surface area contributed by atoms with E-state index in [0.717, 1.165) is 18.1 Å². The molecular formula is C25H36IN5O. The van der Waals surface area contributed by atoms with Gasteiger partial charge in [-0.25, -0.2) is 0 Å². The molecular weight excluding hydrogens is 513 g/mol. The summed E-state index contributed by atoms with van der Waals surface area (Å²) < 4.78 is 0. The fraction of sp³-hybridized carbons (Fsp3) is 0.440. The van der Waals surface area contributed by atoms with Crippen LogP contribution in [0.15, 0.2) is 53.5 Å². The van der Waals surface area contributed by atoms with Crippen LogP contribution >= 0.6 is 24.0 Å². The Morgan fingerprint density at radius 1 is 0.906 bits per heavy atom. The van der Waals surface area contributed by atoms with Gasteiger partial charge in [0.2, 0.25) is 0 Å². The van der Waals surface area contributed by atoms with E-state index in [2.05, 4.69) is 50.1 Å². The van der Waals surface area contributed by atoms with E-state index in [-0.39, 0.29) is 29.9 Å². The van der Waals surface area contributed by atoms with E-state index in [1.165, 1.54) is 43.5 Å². The molecule has 1 saturated heterocycles. The number of guanidine groups is 1. The van der Waals surface area contributed by atoms with E-state index in [1.807, 2.05) is 31.2 Å². The summed E-state index contributed by atoms with van der Waals surface area (Å²) >= 11 is 0. The number of aliphatic imine (C=N–C) groups is 1. The largest absolute Gasteiger partial charge is 0.352 e. The summed E-state index contributed by atoms with van der Waals surface area (Å²) in [5.74, 6) is 0.691. The highest BCUT2D eigenvalue weighted by Gasteiger charge is 2.10. The molecule has 0 radical (unpaired) electrons. The third-order valence-electron chi connectivity index (χ3n) is 5.55. The maximum atomic E-state index is 12.0. The van der Waals surface area contributed by atoms with Crippen LogP contribution in [0.3, 0.4) is 0 Å². The molecule has 3 N–H and O–H groups in total. The van der Waals surface area contributed by atoms with Crippen LogP contribution in [0.5, 0.6) is 0 Å². The Labute approximate surface area is 209 Å². The Balaban J connectivity index is 0.00000363. The fourth-order valence-corrected chi connectivity index (χ4v) is 3.82. The highest BCUT2D eigenvalue weighted by Crippen LogP contribution is 2.13. The van der Waals surface area contributed by atoms with Gasteiger partial charge in [0.1, 0.15) is 0 Å². The summed E-state index contributed by atoms with van der Waals surface area (Å²) in [5.41, 5.74) is 4.31. The predicted molar refractivity (Wildman–Crippen MR) is 142 cm³/mol. The molecule has 0 spiro atoms. The molecule has 0 aliphatic carbocycles. The van der Waals surface area contributed by atoms with Crippen molar-refractivity contribution >= 4 is 35.8 Å². The minimum atomic E-state index is -0.0457. The quantitative estimate of drug-likeness (QED) is 0.266. The van der Waals surface area contributed by atoms with Gasteiger partial charge in [-0.15, -0.1) is 24.0 Å². The van der Waals surface area contributed by atoms with Crippen LogP contribution in [-0.4, -0.2) is 43.4 Å². The van der Waals surface area contributed by atoms with Gasteiger partial charge in [-0.2, -0.15) is 0 Å². The normalized spacial score (nSPS) is 14.4. The molecule has 1 fully saturated rings. The number of likely N-dealkylation sites (tertiary alicyclic amines) is 1. The van der Waals surface area contributed by atoms with Crippen LogP contribution in [0.25, 0.3) is 0 Å². The SMILES string of the molecule is CCNC(=O)c1cccc(CNC(=NC)NCc2ccc(CN3CCCCC3)cc2)c1.I. The molecule has 32 heavy (non-hydrogen) atoms. The second kappa shape index (κ2) is 14.1. The van der Waals surface area contributed by atoms with E-state index in [9.17, 15) is 4.79 Å². The Hall–Kier alpha value is -2.13. The smallest absolute Gasteiger partial charge is 0.251 e. The third kappa shape index (κ3) is 8.43. The van der Waals surface area contributed by atoms with E-state index < -0.39 is 0 Å². The van der Waals surface area contributed by atoms with Crippen LogP contribution in [0.2, 0.25) is 0 Å². The number of amides is 1. The number of halogens is 1. The number of hydrogen-bond acceptors (Lipinski definition) is 3. The van der Waals surface area contributed by atoms with Gasteiger partial charge in [-0.05, 0) is 61.7 Å². The van der Waals surface area contributed by atoms with Crippen molar-refractivity contribution in [3.05, 3.63) is 70.8 Å². The topological polar surface area (TPSA) is 68.8 Å². The Morgan fingerprint density at radius 3 is 2.22 bits per heavy atom. The molecule has 0 bridgehead atoms. The highest BCUT2D eigenvalue weighted by atomic mass is 127. The molecule has 3 rings (SSSR count). The van der Waals surface area contributed by atoms with E-state index in [0.29, 0.717) is 25.2 Å². The van der Waals surface area contributed by atoms with Crippen molar-refractivity contribution in [2.75, 3.05) is 26.7 Å². The first kappa shape index (κ1) is 26.1. The van der Waals surface area contributed by atoms with Crippen molar-refractivity contribution in [3.8, 4) is 0 Å².